The third-order valence-corrected chi connectivity index (χ3v) is 2.46. The van der Waals surface area contributed by atoms with Gasteiger partial charge >= 0.3 is 0 Å². The van der Waals surface area contributed by atoms with Crippen LogP contribution in [0.3, 0.4) is 0 Å². The van der Waals surface area contributed by atoms with E-state index in [0.717, 1.165) is 16.8 Å². The van der Waals surface area contributed by atoms with Crippen molar-refractivity contribution in [2.24, 2.45) is 11.5 Å². The summed E-state index contributed by atoms with van der Waals surface area (Å²) in [6, 6.07) is 7.48. The van der Waals surface area contributed by atoms with Crippen LogP contribution in [0.2, 0.25) is 0 Å². The zero-order chi connectivity index (χ0) is 11.4. The third kappa shape index (κ3) is 2.24. The van der Waals surface area contributed by atoms with Gasteiger partial charge in [0.25, 0.3) is 0 Å². The van der Waals surface area contributed by atoms with Crippen molar-refractivity contribution in [3.63, 3.8) is 0 Å². The van der Waals surface area contributed by atoms with E-state index in [1.165, 1.54) is 0 Å². The van der Waals surface area contributed by atoms with Crippen LogP contribution >= 0.6 is 0 Å². The molecule has 1 unspecified atom stereocenters. The molecule has 0 saturated heterocycles. The number of pyridine rings is 2. The molecule has 4 N–H and O–H groups in total. The minimum Gasteiger partial charge on any atom is -0.325 e. The van der Waals surface area contributed by atoms with Gasteiger partial charge < -0.3 is 11.5 Å². The molecule has 0 aromatic carbocycles. The smallest absolute Gasteiger partial charge is 0.0582 e. The molecule has 4 nitrogen and oxygen atoms in total. The Morgan fingerprint density at radius 3 is 2.50 bits per heavy atom. The number of hydrogen-bond acceptors (Lipinski definition) is 4. The van der Waals surface area contributed by atoms with Crippen LogP contribution in [0.4, 0.5) is 0 Å². The van der Waals surface area contributed by atoms with E-state index in [1.54, 1.807) is 18.6 Å². The van der Waals surface area contributed by atoms with Gasteiger partial charge in [-0.3, -0.25) is 9.97 Å². The van der Waals surface area contributed by atoms with E-state index < -0.39 is 0 Å². The van der Waals surface area contributed by atoms with Gasteiger partial charge in [0.15, 0.2) is 0 Å². The molecule has 4 heteroatoms. The lowest BCUT2D eigenvalue weighted by Crippen LogP contribution is -2.12. The van der Waals surface area contributed by atoms with Gasteiger partial charge in [0, 0.05) is 25.1 Å². The first-order chi connectivity index (χ1) is 7.81. The molecule has 1 atom stereocenters. The average Bonchev–Trinajstić information content (AvgIpc) is 2.39. The van der Waals surface area contributed by atoms with E-state index in [2.05, 4.69) is 9.97 Å². The van der Waals surface area contributed by atoms with Gasteiger partial charge in [-0.25, -0.2) is 0 Å². The largest absolute Gasteiger partial charge is 0.325 e. The van der Waals surface area contributed by atoms with Crippen molar-refractivity contribution in [1.82, 2.24) is 9.97 Å². The number of hydrogen-bond donors (Lipinski definition) is 2. The molecule has 0 bridgehead atoms. The van der Waals surface area contributed by atoms with Crippen molar-refractivity contribution >= 4 is 0 Å². The molecule has 0 aliphatic heterocycles. The Morgan fingerprint density at radius 2 is 1.94 bits per heavy atom. The van der Waals surface area contributed by atoms with Crippen molar-refractivity contribution in [1.29, 1.82) is 0 Å². The standard InChI is InChI=1S/C12H14N4/c13-6-11-4-3-10(8-16-11)12(14)9-2-1-5-15-7-9/h1-5,7-8,12H,6,13-14H2. The van der Waals surface area contributed by atoms with Gasteiger partial charge in [0.2, 0.25) is 0 Å². The number of aromatic nitrogens is 2. The van der Waals surface area contributed by atoms with Crippen LogP contribution in [-0.4, -0.2) is 9.97 Å². The molecular formula is C12H14N4. The lowest BCUT2D eigenvalue weighted by Gasteiger charge is -2.11. The summed E-state index contributed by atoms with van der Waals surface area (Å²) in [5.74, 6) is 0. The van der Waals surface area contributed by atoms with Crippen molar-refractivity contribution < 1.29 is 0 Å². The maximum Gasteiger partial charge on any atom is 0.0582 e. The predicted molar refractivity (Wildman–Crippen MR) is 62.4 cm³/mol. The Bertz CT molecular complexity index is 438. The summed E-state index contributed by atoms with van der Waals surface area (Å²) < 4.78 is 0. The summed E-state index contributed by atoms with van der Waals surface area (Å²) in [7, 11) is 0. The molecule has 0 radical (unpaired) electrons. The second-order valence-corrected chi connectivity index (χ2v) is 3.55. The monoisotopic (exact) mass is 214 g/mol. The zero-order valence-electron chi connectivity index (χ0n) is 8.88. The van der Waals surface area contributed by atoms with E-state index in [4.69, 9.17) is 11.5 Å². The summed E-state index contributed by atoms with van der Waals surface area (Å²) in [6.07, 6.45) is 5.26. The highest BCUT2D eigenvalue weighted by Crippen LogP contribution is 2.17. The Morgan fingerprint density at radius 1 is 1.12 bits per heavy atom. The molecule has 0 aliphatic rings. The van der Waals surface area contributed by atoms with Crippen LogP contribution in [0.5, 0.6) is 0 Å². The predicted octanol–water partition coefficient (Wildman–Crippen LogP) is 0.983. The Hall–Kier alpha value is -1.78. The molecule has 16 heavy (non-hydrogen) atoms. The fraction of sp³-hybridized carbons (Fsp3) is 0.167. The summed E-state index contributed by atoms with van der Waals surface area (Å²) in [5, 5.41) is 0. The second-order valence-electron chi connectivity index (χ2n) is 3.55. The molecule has 2 rings (SSSR count). The molecule has 2 heterocycles. The maximum atomic E-state index is 6.10. The Balaban J connectivity index is 2.24. The molecule has 0 spiro atoms. The van der Waals surface area contributed by atoms with Crippen LogP contribution in [0.1, 0.15) is 22.9 Å². The van der Waals surface area contributed by atoms with Gasteiger partial charge in [-0.2, -0.15) is 0 Å². The SMILES string of the molecule is NCc1ccc(C(N)c2cccnc2)cn1. The first kappa shape index (κ1) is 10.7. The van der Waals surface area contributed by atoms with E-state index >= 15 is 0 Å². The van der Waals surface area contributed by atoms with Gasteiger partial charge in [-0.15, -0.1) is 0 Å². The van der Waals surface area contributed by atoms with Crippen molar-refractivity contribution in [3.8, 4) is 0 Å². The second kappa shape index (κ2) is 4.83. The summed E-state index contributed by atoms with van der Waals surface area (Å²) in [5.41, 5.74) is 14.4. The van der Waals surface area contributed by atoms with Crippen molar-refractivity contribution in [2.45, 2.75) is 12.6 Å². The van der Waals surface area contributed by atoms with Gasteiger partial charge in [-0.05, 0) is 23.3 Å². The maximum absolute atomic E-state index is 6.10. The minimum atomic E-state index is -0.187. The normalized spacial score (nSPS) is 12.4. The number of nitrogens with two attached hydrogens (primary N) is 2. The van der Waals surface area contributed by atoms with E-state index in [-0.39, 0.29) is 6.04 Å². The van der Waals surface area contributed by atoms with Crippen LogP contribution in [0.25, 0.3) is 0 Å². The minimum absolute atomic E-state index is 0.187. The van der Waals surface area contributed by atoms with Crippen molar-refractivity contribution in [3.05, 3.63) is 59.7 Å². The molecule has 2 aromatic rings. The molecule has 82 valence electrons. The van der Waals surface area contributed by atoms with Gasteiger partial charge in [0.1, 0.15) is 0 Å². The summed E-state index contributed by atoms with van der Waals surface area (Å²) in [6.45, 7) is 0.447. The number of nitrogens with zero attached hydrogens (tertiary/aromatic N) is 2. The first-order valence-electron chi connectivity index (χ1n) is 5.11. The average molecular weight is 214 g/mol. The lowest BCUT2D eigenvalue weighted by atomic mass is 10.0. The highest BCUT2D eigenvalue weighted by molar-refractivity contribution is 5.28. The Labute approximate surface area is 94.3 Å². The van der Waals surface area contributed by atoms with Crippen LogP contribution < -0.4 is 11.5 Å². The summed E-state index contributed by atoms with van der Waals surface area (Å²) in [4.78, 5) is 8.26. The highest BCUT2D eigenvalue weighted by atomic mass is 14.7. The lowest BCUT2D eigenvalue weighted by molar-refractivity contribution is 0.847. The molecule has 0 amide bonds. The first-order valence-corrected chi connectivity index (χ1v) is 5.11. The third-order valence-electron chi connectivity index (χ3n) is 2.46. The molecule has 0 aliphatic carbocycles. The molecule has 0 saturated carbocycles. The van der Waals surface area contributed by atoms with E-state index in [9.17, 15) is 0 Å². The van der Waals surface area contributed by atoms with Crippen LogP contribution in [0, 0.1) is 0 Å². The fourth-order valence-electron chi connectivity index (χ4n) is 1.49. The van der Waals surface area contributed by atoms with E-state index in [1.807, 2.05) is 24.3 Å². The number of rotatable bonds is 3. The van der Waals surface area contributed by atoms with Gasteiger partial charge in [-0.1, -0.05) is 12.1 Å². The molecular weight excluding hydrogens is 200 g/mol. The topological polar surface area (TPSA) is 77.8 Å². The quantitative estimate of drug-likeness (QED) is 0.798. The summed E-state index contributed by atoms with van der Waals surface area (Å²) >= 11 is 0. The highest BCUT2D eigenvalue weighted by Gasteiger charge is 2.08. The molecule has 0 fully saturated rings. The van der Waals surface area contributed by atoms with Gasteiger partial charge in [0.05, 0.1) is 11.7 Å². The Kier molecular flexibility index (Phi) is 3.24. The van der Waals surface area contributed by atoms with Crippen LogP contribution in [0.15, 0.2) is 42.9 Å². The van der Waals surface area contributed by atoms with Crippen molar-refractivity contribution in [2.75, 3.05) is 0 Å². The fourth-order valence-corrected chi connectivity index (χ4v) is 1.49. The van der Waals surface area contributed by atoms with Crippen LogP contribution in [-0.2, 0) is 6.54 Å². The molecule has 2 aromatic heterocycles. The zero-order valence-corrected chi connectivity index (χ0v) is 8.88. The van der Waals surface area contributed by atoms with E-state index in [0.29, 0.717) is 6.54 Å².